The summed E-state index contributed by atoms with van der Waals surface area (Å²) in [5, 5.41) is 8.48. The van der Waals surface area contributed by atoms with Gasteiger partial charge in [0.05, 0.1) is 0 Å². The third kappa shape index (κ3) is 3.90. The topological polar surface area (TPSA) is 41.1 Å². The number of hydrogen-bond acceptors (Lipinski definition) is 2. The Morgan fingerprint density at radius 2 is 1.57 bits per heavy atom. The summed E-state index contributed by atoms with van der Waals surface area (Å²) in [6.45, 7) is 1.85. The van der Waals surface area contributed by atoms with Gasteiger partial charge in [0.2, 0.25) is 5.91 Å². The number of amides is 1. The van der Waals surface area contributed by atoms with Gasteiger partial charge in [-0.15, -0.1) is 0 Å². The molecule has 0 heterocycles. The van der Waals surface area contributed by atoms with Crippen molar-refractivity contribution in [1.29, 1.82) is 0 Å². The van der Waals surface area contributed by atoms with Gasteiger partial charge in [0.25, 0.3) is 0 Å². The first-order chi connectivity index (χ1) is 11.1. The number of anilines is 2. The van der Waals surface area contributed by atoms with Crippen LogP contribution in [0.1, 0.15) is 6.92 Å². The van der Waals surface area contributed by atoms with Gasteiger partial charge in [-0.1, -0.05) is 46.3 Å². The Bertz CT molecular complexity index is 830. The van der Waals surface area contributed by atoms with Crippen molar-refractivity contribution in [3.8, 4) is 0 Å². The van der Waals surface area contributed by atoms with E-state index in [-0.39, 0.29) is 11.9 Å². The summed E-state index contributed by atoms with van der Waals surface area (Å²) < 4.78 is 0.984. The fourth-order valence-corrected chi connectivity index (χ4v) is 2.64. The van der Waals surface area contributed by atoms with Crippen LogP contribution in [-0.2, 0) is 4.79 Å². The predicted molar refractivity (Wildman–Crippen MR) is 99.8 cm³/mol. The van der Waals surface area contributed by atoms with E-state index in [4.69, 9.17) is 0 Å². The molecule has 0 unspecified atom stereocenters. The van der Waals surface area contributed by atoms with Crippen molar-refractivity contribution >= 4 is 44.0 Å². The molecule has 0 fully saturated rings. The minimum absolute atomic E-state index is 0.0690. The zero-order chi connectivity index (χ0) is 16.2. The summed E-state index contributed by atoms with van der Waals surface area (Å²) in [7, 11) is 0. The zero-order valence-electron chi connectivity index (χ0n) is 12.7. The van der Waals surface area contributed by atoms with Crippen LogP contribution >= 0.6 is 15.9 Å². The van der Waals surface area contributed by atoms with Crippen LogP contribution in [0.4, 0.5) is 11.4 Å². The number of rotatable bonds is 4. The molecule has 116 valence electrons. The lowest BCUT2D eigenvalue weighted by Crippen LogP contribution is -2.31. The number of carbonyl (C=O) groups excluding carboxylic acids is 1. The van der Waals surface area contributed by atoms with Gasteiger partial charge in [0.15, 0.2) is 0 Å². The van der Waals surface area contributed by atoms with Crippen molar-refractivity contribution < 1.29 is 4.79 Å². The van der Waals surface area contributed by atoms with E-state index < -0.39 is 0 Å². The minimum Gasteiger partial charge on any atom is -0.374 e. The molecule has 0 bridgehead atoms. The molecule has 0 radical (unpaired) electrons. The molecule has 0 aliphatic rings. The monoisotopic (exact) mass is 368 g/mol. The van der Waals surface area contributed by atoms with E-state index >= 15 is 0 Å². The average Bonchev–Trinajstić information content (AvgIpc) is 2.56. The summed E-state index contributed by atoms with van der Waals surface area (Å²) in [4.78, 5) is 12.3. The lowest BCUT2D eigenvalue weighted by Gasteiger charge is -2.16. The summed E-state index contributed by atoms with van der Waals surface area (Å²) >= 11 is 3.38. The quantitative estimate of drug-likeness (QED) is 0.676. The van der Waals surface area contributed by atoms with Crippen LogP contribution in [0.15, 0.2) is 71.2 Å². The minimum atomic E-state index is -0.334. The number of fused-ring (bicyclic) bond motifs is 1. The molecule has 3 aromatic rings. The highest BCUT2D eigenvalue weighted by Crippen LogP contribution is 2.20. The zero-order valence-corrected chi connectivity index (χ0v) is 14.3. The smallest absolute Gasteiger partial charge is 0.246 e. The fraction of sp³-hybridized carbons (Fsp3) is 0.105. The van der Waals surface area contributed by atoms with Crippen LogP contribution in [0.3, 0.4) is 0 Å². The lowest BCUT2D eigenvalue weighted by molar-refractivity contribution is -0.116. The summed E-state index contributed by atoms with van der Waals surface area (Å²) in [6, 6.07) is 21.5. The fourth-order valence-electron chi connectivity index (χ4n) is 2.38. The highest BCUT2D eigenvalue weighted by molar-refractivity contribution is 9.10. The number of benzene rings is 3. The number of halogens is 1. The van der Waals surface area contributed by atoms with E-state index in [2.05, 4.69) is 50.8 Å². The Hall–Kier alpha value is -2.33. The van der Waals surface area contributed by atoms with Crippen molar-refractivity contribution in [2.75, 3.05) is 10.6 Å². The molecule has 2 N–H and O–H groups in total. The van der Waals surface area contributed by atoms with Gasteiger partial charge in [-0.2, -0.15) is 0 Å². The maximum atomic E-state index is 12.3. The second kappa shape index (κ2) is 6.84. The maximum Gasteiger partial charge on any atom is 0.246 e. The highest BCUT2D eigenvalue weighted by Gasteiger charge is 2.12. The number of nitrogens with one attached hydrogen (secondary N) is 2. The maximum absolute atomic E-state index is 12.3. The first kappa shape index (κ1) is 15.6. The van der Waals surface area contributed by atoms with E-state index in [9.17, 15) is 4.79 Å². The van der Waals surface area contributed by atoms with Gasteiger partial charge in [0.1, 0.15) is 6.04 Å². The van der Waals surface area contributed by atoms with Crippen molar-refractivity contribution in [3.63, 3.8) is 0 Å². The van der Waals surface area contributed by atoms with Gasteiger partial charge in [-0.25, -0.2) is 0 Å². The standard InChI is InChI=1S/C19H17BrN2O/c1-13(19(23)22-17-10-7-16(20)8-11-17)21-18-9-6-14-4-2-3-5-15(14)12-18/h2-13,21H,1H3,(H,22,23)/t13-/m0/s1. The van der Waals surface area contributed by atoms with Crippen LogP contribution in [0.25, 0.3) is 10.8 Å². The van der Waals surface area contributed by atoms with Crippen LogP contribution < -0.4 is 10.6 Å². The molecule has 0 aliphatic heterocycles. The molecule has 3 aromatic carbocycles. The molecule has 0 saturated carbocycles. The van der Waals surface area contributed by atoms with E-state index in [1.54, 1.807) is 0 Å². The molecule has 0 spiro atoms. The normalized spacial score (nSPS) is 11.9. The highest BCUT2D eigenvalue weighted by atomic mass is 79.9. The molecule has 0 aromatic heterocycles. The van der Waals surface area contributed by atoms with Gasteiger partial charge < -0.3 is 10.6 Å². The SMILES string of the molecule is C[C@H](Nc1ccc2ccccc2c1)C(=O)Nc1ccc(Br)cc1. The first-order valence-electron chi connectivity index (χ1n) is 7.43. The summed E-state index contributed by atoms with van der Waals surface area (Å²) in [5.41, 5.74) is 1.72. The van der Waals surface area contributed by atoms with E-state index in [0.717, 1.165) is 21.2 Å². The molecule has 3 rings (SSSR count). The molecular weight excluding hydrogens is 352 g/mol. The van der Waals surface area contributed by atoms with Crippen molar-refractivity contribution in [1.82, 2.24) is 0 Å². The Morgan fingerprint density at radius 3 is 2.30 bits per heavy atom. The van der Waals surface area contributed by atoms with Crippen LogP contribution in [0.2, 0.25) is 0 Å². The Morgan fingerprint density at radius 1 is 0.913 bits per heavy atom. The molecule has 0 aliphatic carbocycles. The van der Waals surface area contributed by atoms with E-state index in [0.29, 0.717) is 0 Å². The predicted octanol–water partition coefficient (Wildman–Crippen LogP) is 5.04. The van der Waals surface area contributed by atoms with Gasteiger partial charge >= 0.3 is 0 Å². The molecule has 23 heavy (non-hydrogen) atoms. The van der Waals surface area contributed by atoms with Gasteiger partial charge in [-0.05, 0) is 54.1 Å². The van der Waals surface area contributed by atoms with Gasteiger partial charge in [0, 0.05) is 15.8 Å². The molecule has 0 saturated heterocycles. The summed E-state index contributed by atoms with van der Waals surface area (Å²) in [6.07, 6.45) is 0. The number of carbonyl (C=O) groups is 1. The Balaban J connectivity index is 1.68. The van der Waals surface area contributed by atoms with Crippen LogP contribution in [-0.4, -0.2) is 11.9 Å². The molecule has 3 nitrogen and oxygen atoms in total. The van der Waals surface area contributed by atoms with Crippen molar-refractivity contribution in [2.24, 2.45) is 0 Å². The van der Waals surface area contributed by atoms with Crippen LogP contribution in [0, 0.1) is 0 Å². The van der Waals surface area contributed by atoms with Gasteiger partial charge in [-0.3, -0.25) is 4.79 Å². The molecule has 4 heteroatoms. The molecular formula is C19H17BrN2O. The second-order valence-corrected chi connectivity index (χ2v) is 6.34. The lowest BCUT2D eigenvalue weighted by atomic mass is 10.1. The molecule has 1 atom stereocenters. The summed E-state index contributed by atoms with van der Waals surface area (Å²) in [5.74, 6) is -0.0690. The van der Waals surface area contributed by atoms with Crippen molar-refractivity contribution in [2.45, 2.75) is 13.0 Å². The average molecular weight is 369 g/mol. The van der Waals surface area contributed by atoms with Crippen LogP contribution in [0.5, 0.6) is 0 Å². The largest absolute Gasteiger partial charge is 0.374 e. The molecule has 1 amide bonds. The Labute approximate surface area is 143 Å². The van der Waals surface area contributed by atoms with E-state index in [1.165, 1.54) is 5.39 Å². The van der Waals surface area contributed by atoms with E-state index in [1.807, 2.05) is 49.4 Å². The third-order valence-electron chi connectivity index (χ3n) is 3.64. The number of hydrogen-bond donors (Lipinski definition) is 2. The first-order valence-corrected chi connectivity index (χ1v) is 8.23. The van der Waals surface area contributed by atoms with Crippen molar-refractivity contribution in [3.05, 3.63) is 71.2 Å². The third-order valence-corrected chi connectivity index (χ3v) is 4.17. The Kier molecular flexibility index (Phi) is 4.63. The second-order valence-electron chi connectivity index (χ2n) is 5.42.